The van der Waals surface area contributed by atoms with Crippen molar-refractivity contribution in [1.29, 1.82) is 5.41 Å². The first-order valence-corrected chi connectivity index (χ1v) is 6.03. The smallest absolute Gasteiger partial charge is 0.374 e. The van der Waals surface area contributed by atoms with Gasteiger partial charge in [0.2, 0.25) is 0 Å². The second-order valence-corrected chi connectivity index (χ2v) is 4.48. The zero-order chi connectivity index (χ0) is 13.0. The minimum Gasteiger partial charge on any atom is -0.374 e. The normalized spacial score (nSPS) is 15.6. The van der Waals surface area contributed by atoms with E-state index < -0.39 is 6.09 Å². The van der Waals surface area contributed by atoms with Crippen molar-refractivity contribution in [2.24, 2.45) is 11.7 Å². The van der Waals surface area contributed by atoms with E-state index in [0.717, 1.165) is 0 Å². The molecule has 1 heterocycles. The van der Waals surface area contributed by atoms with Gasteiger partial charge in [0, 0.05) is 6.20 Å². The number of aromatic nitrogens is 2. The fraction of sp³-hybridized carbons (Fsp3) is 0.500. The predicted molar refractivity (Wildman–Crippen MR) is 65.6 cm³/mol. The van der Waals surface area contributed by atoms with E-state index in [0.29, 0.717) is 23.7 Å². The molecule has 2 rings (SSSR count). The Morgan fingerprint density at radius 1 is 1.50 bits per heavy atom. The SMILES string of the molecule is N=C(CC1CCCC1)c1ccnc(OC(N)=O)n1. The van der Waals surface area contributed by atoms with E-state index in [-0.39, 0.29) is 6.01 Å². The Bertz CT molecular complexity index is 455. The maximum atomic E-state index is 10.6. The van der Waals surface area contributed by atoms with Crippen LogP contribution in [0.4, 0.5) is 4.79 Å². The van der Waals surface area contributed by atoms with Crippen molar-refractivity contribution in [2.75, 3.05) is 0 Å². The fourth-order valence-corrected chi connectivity index (χ4v) is 2.26. The van der Waals surface area contributed by atoms with Crippen molar-refractivity contribution in [1.82, 2.24) is 9.97 Å². The van der Waals surface area contributed by atoms with Gasteiger partial charge in [-0.05, 0) is 18.4 Å². The predicted octanol–water partition coefficient (Wildman–Crippen LogP) is 1.88. The number of hydrogen-bond donors (Lipinski definition) is 2. The molecule has 6 heteroatoms. The van der Waals surface area contributed by atoms with Crippen LogP contribution in [0.2, 0.25) is 0 Å². The number of amides is 1. The van der Waals surface area contributed by atoms with Crippen molar-refractivity contribution < 1.29 is 9.53 Å². The van der Waals surface area contributed by atoms with Crippen LogP contribution < -0.4 is 10.5 Å². The standard InChI is InChI=1S/C12H16N4O2/c13-9(7-8-3-1-2-4-8)10-5-6-15-12(16-10)18-11(14)17/h5-6,8,13H,1-4,7H2,(H2,14,17). The number of nitrogens with one attached hydrogen (secondary N) is 1. The highest BCUT2D eigenvalue weighted by molar-refractivity contribution is 5.96. The highest BCUT2D eigenvalue weighted by atomic mass is 16.6. The third-order valence-corrected chi connectivity index (χ3v) is 3.10. The molecule has 0 radical (unpaired) electrons. The van der Waals surface area contributed by atoms with Gasteiger partial charge in [-0.3, -0.25) is 0 Å². The first kappa shape index (κ1) is 12.5. The Labute approximate surface area is 105 Å². The lowest BCUT2D eigenvalue weighted by Gasteiger charge is -2.09. The minimum absolute atomic E-state index is 0.101. The molecule has 1 aliphatic rings. The number of primary amides is 1. The number of carbonyl (C=O) groups excluding carboxylic acids is 1. The number of nitrogens with zero attached hydrogens (tertiary/aromatic N) is 2. The summed E-state index contributed by atoms with van der Waals surface area (Å²) in [7, 11) is 0. The van der Waals surface area contributed by atoms with E-state index in [1.807, 2.05) is 0 Å². The van der Waals surface area contributed by atoms with Crippen LogP contribution in [-0.4, -0.2) is 21.8 Å². The lowest BCUT2D eigenvalue weighted by Crippen LogP contribution is -2.18. The second kappa shape index (κ2) is 5.57. The van der Waals surface area contributed by atoms with Gasteiger partial charge in [0.15, 0.2) is 0 Å². The summed E-state index contributed by atoms with van der Waals surface area (Å²) < 4.78 is 4.59. The molecule has 1 aliphatic carbocycles. The van der Waals surface area contributed by atoms with Crippen LogP contribution in [0, 0.1) is 11.3 Å². The first-order valence-electron chi connectivity index (χ1n) is 6.03. The average Bonchev–Trinajstić information content (AvgIpc) is 2.81. The molecule has 1 aromatic rings. The van der Waals surface area contributed by atoms with Gasteiger partial charge in [0.05, 0.1) is 11.4 Å². The number of hydrogen-bond acceptors (Lipinski definition) is 5. The molecule has 0 atom stereocenters. The molecule has 18 heavy (non-hydrogen) atoms. The lowest BCUT2D eigenvalue weighted by molar-refractivity contribution is 0.207. The quantitative estimate of drug-likeness (QED) is 0.794. The molecular weight excluding hydrogens is 232 g/mol. The van der Waals surface area contributed by atoms with Gasteiger partial charge in [-0.2, -0.15) is 4.98 Å². The van der Waals surface area contributed by atoms with Crippen molar-refractivity contribution in [2.45, 2.75) is 32.1 Å². The van der Waals surface area contributed by atoms with Crippen LogP contribution in [0.3, 0.4) is 0 Å². The van der Waals surface area contributed by atoms with Crippen LogP contribution in [-0.2, 0) is 0 Å². The highest BCUT2D eigenvalue weighted by Crippen LogP contribution is 2.28. The summed E-state index contributed by atoms with van der Waals surface area (Å²) in [5.74, 6) is 0.577. The van der Waals surface area contributed by atoms with Crippen molar-refractivity contribution in [3.05, 3.63) is 18.0 Å². The maximum Gasteiger partial charge on any atom is 0.412 e. The number of nitrogens with two attached hydrogens (primary N) is 1. The largest absolute Gasteiger partial charge is 0.412 e. The number of rotatable bonds is 4. The Balaban J connectivity index is 2.02. The monoisotopic (exact) mass is 248 g/mol. The zero-order valence-corrected chi connectivity index (χ0v) is 10.1. The molecular formula is C12H16N4O2. The van der Waals surface area contributed by atoms with E-state index in [4.69, 9.17) is 11.1 Å². The Morgan fingerprint density at radius 3 is 2.89 bits per heavy atom. The highest BCUT2D eigenvalue weighted by Gasteiger charge is 2.18. The molecule has 1 fully saturated rings. The third-order valence-electron chi connectivity index (χ3n) is 3.10. The van der Waals surface area contributed by atoms with Gasteiger partial charge in [-0.1, -0.05) is 25.7 Å². The van der Waals surface area contributed by atoms with Crippen molar-refractivity contribution in [3.8, 4) is 6.01 Å². The Morgan fingerprint density at radius 2 is 2.22 bits per heavy atom. The van der Waals surface area contributed by atoms with Gasteiger partial charge >= 0.3 is 12.1 Å². The summed E-state index contributed by atoms with van der Waals surface area (Å²) in [6, 6.07) is 1.54. The molecule has 3 N–H and O–H groups in total. The van der Waals surface area contributed by atoms with E-state index in [1.165, 1.54) is 31.9 Å². The molecule has 1 amide bonds. The maximum absolute atomic E-state index is 10.6. The molecule has 0 spiro atoms. The van der Waals surface area contributed by atoms with E-state index >= 15 is 0 Å². The summed E-state index contributed by atoms with van der Waals surface area (Å²) in [5, 5.41) is 8.01. The molecule has 0 saturated heterocycles. The molecule has 0 bridgehead atoms. The number of carbonyl (C=O) groups is 1. The van der Waals surface area contributed by atoms with Crippen LogP contribution in [0.5, 0.6) is 6.01 Å². The molecule has 6 nitrogen and oxygen atoms in total. The topological polar surface area (TPSA) is 102 Å². The minimum atomic E-state index is -0.950. The molecule has 1 aromatic heterocycles. The van der Waals surface area contributed by atoms with E-state index in [2.05, 4.69) is 14.7 Å². The van der Waals surface area contributed by atoms with Crippen LogP contribution in [0.25, 0.3) is 0 Å². The van der Waals surface area contributed by atoms with Crippen LogP contribution >= 0.6 is 0 Å². The van der Waals surface area contributed by atoms with Crippen molar-refractivity contribution in [3.63, 3.8) is 0 Å². The Hall–Kier alpha value is -1.98. The van der Waals surface area contributed by atoms with Gasteiger partial charge in [0.25, 0.3) is 0 Å². The summed E-state index contributed by atoms with van der Waals surface area (Å²) >= 11 is 0. The summed E-state index contributed by atoms with van der Waals surface area (Å²) in [5.41, 5.74) is 5.84. The molecule has 96 valence electrons. The molecule has 0 aromatic carbocycles. The number of ether oxygens (including phenoxy) is 1. The Kier molecular flexibility index (Phi) is 3.86. The van der Waals surface area contributed by atoms with Gasteiger partial charge < -0.3 is 15.9 Å². The van der Waals surface area contributed by atoms with E-state index in [1.54, 1.807) is 6.07 Å². The van der Waals surface area contributed by atoms with Crippen molar-refractivity contribution >= 4 is 11.8 Å². The second-order valence-electron chi connectivity index (χ2n) is 4.48. The molecule has 0 aliphatic heterocycles. The van der Waals surface area contributed by atoms with Crippen LogP contribution in [0.1, 0.15) is 37.8 Å². The van der Waals surface area contributed by atoms with Gasteiger partial charge in [0.1, 0.15) is 0 Å². The first-order chi connectivity index (χ1) is 8.65. The molecule has 1 saturated carbocycles. The molecule has 0 unspecified atom stereocenters. The summed E-state index contributed by atoms with van der Waals surface area (Å²) in [4.78, 5) is 18.4. The lowest BCUT2D eigenvalue weighted by atomic mass is 9.99. The fourth-order valence-electron chi connectivity index (χ4n) is 2.26. The van der Waals surface area contributed by atoms with E-state index in [9.17, 15) is 4.79 Å². The summed E-state index contributed by atoms with van der Waals surface area (Å²) in [6.45, 7) is 0. The zero-order valence-electron chi connectivity index (χ0n) is 10.1. The third kappa shape index (κ3) is 3.26. The summed E-state index contributed by atoms with van der Waals surface area (Å²) in [6.07, 6.45) is 6.08. The van der Waals surface area contributed by atoms with Gasteiger partial charge in [-0.25, -0.2) is 9.78 Å². The van der Waals surface area contributed by atoms with Crippen LogP contribution in [0.15, 0.2) is 12.3 Å². The van der Waals surface area contributed by atoms with Gasteiger partial charge in [-0.15, -0.1) is 0 Å². The average molecular weight is 248 g/mol.